The lowest BCUT2D eigenvalue weighted by Crippen LogP contribution is -2.51. The number of ketones is 1. The average Bonchev–Trinajstić information content (AvgIpc) is 1.96. The zero-order valence-corrected chi connectivity index (χ0v) is 9.02. The third-order valence-electron chi connectivity index (χ3n) is 2.15. The first-order chi connectivity index (χ1) is 5.73. The van der Waals surface area contributed by atoms with Gasteiger partial charge in [-0.25, -0.2) is 8.42 Å². The van der Waals surface area contributed by atoms with Gasteiger partial charge in [0, 0.05) is 12.0 Å². The summed E-state index contributed by atoms with van der Waals surface area (Å²) in [7, 11) is -3.07. The summed E-state index contributed by atoms with van der Waals surface area (Å²) in [6.07, 6.45) is 0. The van der Waals surface area contributed by atoms with E-state index in [1.807, 2.05) is 0 Å². The number of rotatable bonds is 2. The monoisotopic (exact) mass is 205 g/mol. The van der Waals surface area contributed by atoms with Crippen molar-refractivity contribution in [1.82, 2.24) is 4.31 Å². The lowest BCUT2D eigenvalue weighted by Gasteiger charge is -2.31. The van der Waals surface area contributed by atoms with Crippen molar-refractivity contribution in [2.24, 2.45) is 5.41 Å². The largest absolute Gasteiger partial charge is 0.298 e. The van der Waals surface area contributed by atoms with Crippen LogP contribution in [0.3, 0.4) is 0 Å². The van der Waals surface area contributed by atoms with E-state index in [0.717, 1.165) is 0 Å². The highest BCUT2D eigenvalue weighted by Crippen LogP contribution is 2.19. The number of nitrogens with zero attached hydrogens (tertiary/aromatic N) is 1. The Balaban J connectivity index is 2.57. The molecule has 0 saturated carbocycles. The molecule has 5 heteroatoms. The summed E-state index contributed by atoms with van der Waals surface area (Å²) in [5.74, 6) is 0.153. The van der Waals surface area contributed by atoms with Gasteiger partial charge in [0.15, 0.2) is 5.78 Å². The smallest absolute Gasteiger partial charge is 0.215 e. The van der Waals surface area contributed by atoms with Crippen molar-refractivity contribution < 1.29 is 13.2 Å². The number of carbonyl (C=O) groups is 1. The average molecular weight is 205 g/mol. The van der Waals surface area contributed by atoms with Gasteiger partial charge >= 0.3 is 0 Å². The van der Waals surface area contributed by atoms with Crippen LogP contribution < -0.4 is 0 Å². The Hall–Kier alpha value is -0.420. The van der Waals surface area contributed by atoms with E-state index in [4.69, 9.17) is 0 Å². The second kappa shape index (κ2) is 3.06. The second-order valence-electron chi connectivity index (χ2n) is 4.32. The Labute approximate surface area is 79.0 Å². The number of sulfonamides is 1. The van der Waals surface area contributed by atoms with Crippen molar-refractivity contribution in [2.75, 3.05) is 18.8 Å². The molecule has 0 N–H and O–H groups in total. The maximum Gasteiger partial charge on any atom is 0.215 e. The highest BCUT2D eigenvalue weighted by molar-refractivity contribution is 7.90. The number of hydrogen-bond donors (Lipinski definition) is 0. The van der Waals surface area contributed by atoms with Crippen LogP contribution in [0.4, 0.5) is 0 Å². The Morgan fingerprint density at radius 2 is 1.92 bits per heavy atom. The highest BCUT2D eigenvalue weighted by Gasteiger charge is 2.36. The molecule has 13 heavy (non-hydrogen) atoms. The van der Waals surface area contributed by atoms with Crippen LogP contribution in [0.5, 0.6) is 0 Å². The van der Waals surface area contributed by atoms with E-state index in [9.17, 15) is 13.2 Å². The van der Waals surface area contributed by atoms with Crippen molar-refractivity contribution in [3.05, 3.63) is 0 Å². The fraction of sp³-hybridized carbons (Fsp3) is 0.875. The van der Waals surface area contributed by atoms with Crippen LogP contribution >= 0.6 is 0 Å². The molecular weight excluding hydrogens is 190 g/mol. The fourth-order valence-electron chi connectivity index (χ4n) is 0.944. The maximum atomic E-state index is 11.4. The molecule has 0 aromatic carbocycles. The zero-order chi connectivity index (χ0) is 10.3. The maximum absolute atomic E-state index is 11.4. The first kappa shape index (κ1) is 10.7. The molecule has 1 aliphatic rings. The van der Waals surface area contributed by atoms with Crippen LogP contribution in [-0.2, 0) is 14.8 Å². The van der Waals surface area contributed by atoms with Crippen LogP contribution in [0.25, 0.3) is 0 Å². The topological polar surface area (TPSA) is 54.5 Å². The molecule has 0 unspecified atom stereocenters. The van der Waals surface area contributed by atoms with E-state index in [1.165, 1.54) is 4.31 Å². The van der Waals surface area contributed by atoms with E-state index in [0.29, 0.717) is 6.54 Å². The summed E-state index contributed by atoms with van der Waals surface area (Å²) >= 11 is 0. The summed E-state index contributed by atoms with van der Waals surface area (Å²) in [5.41, 5.74) is -0.453. The molecule has 0 spiro atoms. The summed E-state index contributed by atoms with van der Waals surface area (Å²) in [5, 5.41) is 0. The Morgan fingerprint density at radius 3 is 2.15 bits per heavy atom. The van der Waals surface area contributed by atoms with Gasteiger partial charge in [0.05, 0.1) is 12.3 Å². The van der Waals surface area contributed by atoms with Crippen molar-refractivity contribution in [1.29, 1.82) is 0 Å². The van der Waals surface area contributed by atoms with E-state index in [2.05, 4.69) is 0 Å². The summed E-state index contributed by atoms with van der Waals surface area (Å²) in [4.78, 5) is 11.4. The van der Waals surface area contributed by atoms with E-state index in [-0.39, 0.29) is 18.1 Å². The molecule has 1 rings (SSSR count). The molecule has 76 valence electrons. The third kappa shape index (κ3) is 2.28. The SMILES string of the molecule is CC(C)(C)C(=O)CN1CCS1(=O)=O. The minimum absolute atomic E-state index is 0.0317. The summed E-state index contributed by atoms with van der Waals surface area (Å²) in [6, 6.07) is 0. The van der Waals surface area contributed by atoms with Gasteiger partial charge in [-0.05, 0) is 0 Å². The quantitative estimate of drug-likeness (QED) is 0.649. The molecule has 0 aromatic heterocycles. The molecule has 0 amide bonds. The van der Waals surface area contributed by atoms with Gasteiger partial charge in [0.1, 0.15) is 0 Å². The summed E-state index contributed by atoms with van der Waals surface area (Å²) in [6.45, 7) is 5.90. The zero-order valence-electron chi connectivity index (χ0n) is 8.20. The predicted molar refractivity (Wildman–Crippen MR) is 49.8 cm³/mol. The van der Waals surface area contributed by atoms with E-state index < -0.39 is 15.4 Å². The van der Waals surface area contributed by atoms with Crippen LogP contribution in [0, 0.1) is 5.41 Å². The minimum Gasteiger partial charge on any atom is -0.298 e. The van der Waals surface area contributed by atoms with Gasteiger partial charge in [-0.15, -0.1) is 0 Å². The van der Waals surface area contributed by atoms with Crippen molar-refractivity contribution >= 4 is 15.8 Å². The molecular formula is C8H15NO3S. The van der Waals surface area contributed by atoms with Crippen LogP contribution in [-0.4, -0.2) is 37.3 Å². The normalized spacial score (nSPS) is 22.4. The first-order valence-electron chi connectivity index (χ1n) is 4.24. The van der Waals surface area contributed by atoms with Crippen LogP contribution in [0.1, 0.15) is 20.8 Å². The highest BCUT2D eigenvalue weighted by atomic mass is 32.2. The molecule has 1 fully saturated rings. The third-order valence-corrected chi connectivity index (χ3v) is 3.95. The van der Waals surface area contributed by atoms with Gasteiger partial charge in [-0.1, -0.05) is 20.8 Å². The Kier molecular flexibility index (Phi) is 2.51. The molecule has 0 aromatic rings. The molecule has 1 heterocycles. The molecule has 0 aliphatic carbocycles. The van der Waals surface area contributed by atoms with Crippen LogP contribution in [0.2, 0.25) is 0 Å². The lowest BCUT2D eigenvalue weighted by molar-refractivity contribution is -0.126. The predicted octanol–water partition coefficient (Wildman–Crippen LogP) is 0.247. The van der Waals surface area contributed by atoms with Crippen molar-refractivity contribution in [2.45, 2.75) is 20.8 Å². The van der Waals surface area contributed by atoms with E-state index in [1.54, 1.807) is 20.8 Å². The number of hydrogen-bond acceptors (Lipinski definition) is 3. The van der Waals surface area contributed by atoms with Gasteiger partial charge in [-0.3, -0.25) is 4.79 Å². The lowest BCUT2D eigenvalue weighted by atomic mass is 9.91. The first-order valence-corrected chi connectivity index (χ1v) is 5.85. The number of Topliss-reactive ketones (excluding diaryl/α,β-unsaturated/α-hetero) is 1. The van der Waals surface area contributed by atoms with Gasteiger partial charge in [-0.2, -0.15) is 4.31 Å². The van der Waals surface area contributed by atoms with Crippen molar-refractivity contribution in [3.63, 3.8) is 0 Å². The molecule has 0 atom stereocenters. The van der Waals surface area contributed by atoms with Crippen molar-refractivity contribution in [3.8, 4) is 0 Å². The number of carbonyl (C=O) groups excluding carboxylic acids is 1. The molecule has 1 saturated heterocycles. The molecule has 0 radical (unpaired) electrons. The van der Waals surface area contributed by atoms with Gasteiger partial charge in [0.25, 0.3) is 0 Å². The summed E-state index contributed by atoms with van der Waals surface area (Å²) < 4.78 is 23.3. The van der Waals surface area contributed by atoms with Crippen LogP contribution in [0.15, 0.2) is 0 Å². The van der Waals surface area contributed by atoms with E-state index >= 15 is 0 Å². The molecule has 4 nitrogen and oxygen atoms in total. The Morgan fingerprint density at radius 1 is 1.38 bits per heavy atom. The molecule has 0 bridgehead atoms. The standard InChI is InChI=1S/C8H15NO3S/c1-8(2,3)7(10)6-9-4-5-13(9,11)12/h4-6H2,1-3H3. The second-order valence-corrected chi connectivity index (χ2v) is 6.41. The van der Waals surface area contributed by atoms with Gasteiger partial charge < -0.3 is 0 Å². The Bertz CT molecular complexity index is 313. The molecule has 1 aliphatic heterocycles. The fourth-order valence-corrected chi connectivity index (χ4v) is 2.00. The minimum atomic E-state index is -3.07. The van der Waals surface area contributed by atoms with Gasteiger partial charge in [0.2, 0.25) is 10.0 Å².